The van der Waals surface area contributed by atoms with Crippen molar-refractivity contribution in [1.82, 2.24) is 0 Å². The Hall–Kier alpha value is -2.45. The van der Waals surface area contributed by atoms with Gasteiger partial charge in [0.15, 0.2) is 18.3 Å². The molecule has 29 heavy (non-hydrogen) atoms. The van der Waals surface area contributed by atoms with Gasteiger partial charge in [0.25, 0.3) is 6.10 Å². The predicted molar refractivity (Wildman–Crippen MR) is 87.0 cm³/mol. The summed E-state index contributed by atoms with van der Waals surface area (Å²) in [5.41, 5.74) is 0.175. The first-order valence-electron chi connectivity index (χ1n) is 7.34. The summed E-state index contributed by atoms with van der Waals surface area (Å²) in [5.74, 6) is -1.54. The molecule has 0 radical (unpaired) electrons. The minimum absolute atomic E-state index is 0.112. The number of hydrogen-bond acceptors (Lipinski definition) is 7. The smallest absolute Gasteiger partial charge is 0.432 e. The summed E-state index contributed by atoms with van der Waals surface area (Å²) in [6, 6.07) is 4.00. The maximum absolute atomic E-state index is 13.4. The second-order valence-electron chi connectivity index (χ2n) is 5.19. The molecule has 1 N–H and O–H groups in total. The number of carbonyl (C=O) groups is 1. The first-order chi connectivity index (χ1) is 13.2. The largest absolute Gasteiger partial charge is 0.493 e. The molecule has 164 valence electrons. The lowest BCUT2D eigenvalue weighted by atomic mass is 10.2. The Bertz CT molecular complexity index is 851. The van der Waals surface area contributed by atoms with Crippen molar-refractivity contribution in [2.75, 3.05) is 21.0 Å². The van der Waals surface area contributed by atoms with Gasteiger partial charge in [-0.15, -0.1) is 0 Å². The Balaban J connectivity index is 3.03. The number of hydrogen-bond donors (Lipinski definition) is 1. The van der Waals surface area contributed by atoms with Gasteiger partial charge >= 0.3 is 27.5 Å². The van der Waals surface area contributed by atoms with Crippen LogP contribution in [0.4, 0.5) is 22.0 Å². The van der Waals surface area contributed by atoms with Gasteiger partial charge in [-0.3, -0.25) is 4.55 Å². The maximum atomic E-state index is 13.4. The molecule has 0 aliphatic heterocycles. The average molecular weight is 450 g/mol. The molecule has 0 aliphatic carbocycles. The third-order valence-corrected chi connectivity index (χ3v) is 4.01. The zero-order chi connectivity index (χ0) is 22.5. The first-order valence-corrected chi connectivity index (χ1v) is 8.78. The van der Waals surface area contributed by atoms with Crippen molar-refractivity contribution in [2.45, 2.75) is 17.5 Å². The van der Waals surface area contributed by atoms with E-state index in [0.29, 0.717) is 6.08 Å². The molecule has 0 heterocycles. The molecule has 1 aromatic rings. The average Bonchev–Trinajstić information content (AvgIpc) is 2.60. The minimum Gasteiger partial charge on any atom is -0.493 e. The van der Waals surface area contributed by atoms with E-state index in [1.165, 1.54) is 32.4 Å². The summed E-state index contributed by atoms with van der Waals surface area (Å²) in [7, 11) is -3.86. The van der Waals surface area contributed by atoms with Gasteiger partial charge < -0.3 is 18.9 Å². The highest BCUT2D eigenvalue weighted by Gasteiger charge is 2.65. The highest BCUT2D eigenvalue weighted by Crippen LogP contribution is 2.38. The third-order valence-electron chi connectivity index (χ3n) is 3.11. The molecule has 0 amide bonds. The van der Waals surface area contributed by atoms with Crippen LogP contribution in [-0.2, 0) is 24.4 Å². The molecule has 14 heteroatoms. The molecule has 1 atom stereocenters. The number of ether oxygens (including phenoxy) is 4. The monoisotopic (exact) mass is 450 g/mol. The summed E-state index contributed by atoms with van der Waals surface area (Å²) in [6.45, 7) is -0.112. The fraction of sp³-hybridized carbons (Fsp3) is 0.400. The number of alkyl halides is 5. The molecule has 1 aromatic carbocycles. The van der Waals surface area contributed by atoms with E-state index >= 15 is 0 Å². The summed E-state index contributed by atoms with van der Waals surface area (Å²) in [5, 5.41) is -5.81. The van der Waals surface area contributed by atoms with Crippen LogP contribution in [0.1, 0.15) is 5.56 Å². The van der Waals surface area contributed by atoms with Crippen molar-refractivity contribution in [1.29, 1.82) is 0 Å². The number of esters is 1. The Kier molecular flexibility index (Phi) is 7.94. The van der Waals surface area contributed by atoms with Gasteiger partial charge in [0.1, 0.15) is 0 Å². The molecule has 0 aliphatic rings. The Morgan fingerprint density at radius 1 is 1.17 bits per heavy atom. The summed E-state index contributed by atoms with van der Waals surface area (Å²) < 4.78 is 113. The fourth-order valence-electron chi connectivity index (χ4n) is 1.81. The van der Waals surface area contributed by atoms with Crippen molar-refractivity contribution in [2.24, 2.45) is 0 Å². The van der Waals surface area contributed by atoms with Crippen LogP contribution in [0, 0.1) is 0 Å². The molecule has 1 rings (SSSR count). The lowest BCUT2D eigenvalue weighted by Gasteiger charge is -2.25. The number of methoxy groups -OCH3 is 2. The van der Waals surface area contributed by atoms with Gasteiger partial charge in [-0.2, -0.15) is 30.4 Å². The first kappa shape index (κ1) is 24.6. The normalized spacial score (nSPS) is 13.9. The van der Waals surface area contributed by atoms with Crippen LogP contribution in [0.15, 0.2) is 24.3 Å². The summed E-state index contributed by atoms with van der Waals surface area (Å²) >= 11 is 0. The number of carbonyl (C=O) groups excluding carboxylic acids is 1. The molecule has 0 bridgehead atoms. The van der Waals surface area contributed by atoms with E-state index < -0.39 is 33.6 Å². The van der Waals surface area contributed by atoms with E-state index in [4.69, 9.17) is 18.8 Å². The third kappa shape index (κ3) is 6.54. The second-order valence-corrected chi connectivity index (χ2v) is 6.68. The van der Waals surface area contributed by atoms with Crippen LogP contribution in [0.5, 0.6) is 11.5 Å². The van der Waals surface area contributed by atoms with Gasteiger partial charge in [-0.05, 0) is 23.8 Å². The van der Waals surface area contributed by atoms with E-state index in [2.05, 4.69) is 4.74 Å². The van der Waals surface area contributed by atoms with Crippen LogP contribution in [-0.4, -0.2) is 57.5 Å². The quantitative estimate of drug-likeness (QED) is 0.201. The standard InChI is InChI=1S/C15H15F5O8S/c1-25-8-27-10-5-3-9(7-11(10)26-2)4-6-12(21)28-13(14(16,17)18)15(19,20)29(22,23)24/h3-7,13H,8H2,1-2H3,(H,22,23,24)/b6-4+. The van der Waals surface area contributed by atoms with E-state index in [1.54, 1.807) is 0 Å². The zero-order valence-corrected chi connectivity index (χ0v) is 15.6. The lowest BCUT2D eigenvalue weighted by molar-refractivity contribution is -0.257. The van der Waals surface area contributed by atoms with Crippen LogP contribution in [0.3, 0.4) is 0 Å². The van der Waals surface area contributed by atoms with Crippen LogP contribution < -0.4 is 9.47 Å². The highest BCUT2D eigenvalue weighted by atomic mass is 32.2. The van der Waals surface area contributed by atoms with Gasteiger partial charge in [0, 0.05) is 13.2 Å². The van der Waals surface area contributed by atoms with Gasteiger partial charge in [-0.1, -0.05) is 6.07 Å². The topological polar surface area (TPSA) is 108 Å². The molecular weight excluding hydrogens is 435 g/mol. The number of halogens is 5. The predicted octanol–water partition coefficient (Wildman–Crippen LogP) is 2.65. The van der Waals surface area contributed by atoms with Crippen molar-refractivity contribution in [3.8, 4) is 11.5 Å². The van der Waals surface area contributed by atoms with Crippen LogP contribution in [0.25, 0.3) is 6.08 Å². The van der Waals surface area contributed by atoms with Crippen molar-refractivity contribution in [3.05, 3.63) is 29.8 Å². The van der Waals surface area contributed by atoms with Crippen molar-refractivity contribution >= 4 is 22.2 Å². The number of benzene rings is 1. The minimum atomic E-state index is -6.51. The molecular formula is C15H15F5O8S. The summed E-state index contributed by atoms with van der Waals surface area (Å²) in [4.78, 5) is 11.5. The molecule has 1 unspecified atom stereocenters. The maximum Gasteiger partial charge on any atom is 0.432 e. The van der Waals surface area contributed by atoms with E-state index in [9.17, 15) is 35.2 Å². The van der Waals surface area contributed by atoms with E-state index in [1.807, 2.05) is 0 Å². The van der Waals surface area contributed by atoms with Crippen molar-refractivity contribution < 1.29 is 58.7 Å². The van der Waals surface area contributed by atoms with E-state index in [-0.39, 0.29) is 23.9 Å². The highest BCUT2D eigenvalue weighted by molar-refractivity contribution is 7.86. The van der Waals surface area contributed by atoms with Crippen LogP contribution in [0.2, 0.25) is 0 Å². The van der Waals surface area contributed by atoms with E-state index in [0.717, 1.165) is 6.08 Å². The molecule has 0 aromatic heterocycles. The molecule has 8 nitrogen and oxygen atoms in total. The lowest BCUT2D eigenvalue weighted by Crippen LogP contribution is -2.52. The SMILES string of the molecule is COCOc1ccc(/C=C/C(=O)OC(C(F)(F)F)C(F)(F)S(=O)(=O)O)cc1OC. The molecule has 0 fully saturated rings. The fourth-order valence-corrected chi connectivity index (χ4v) is 2.26. The molecule has 0 spiro atoms. The number of rotatable bonds is 9. The zero-order valence-electron chi connectivity index (χ0n) is 14.8. The second kappa shape index (κ2) is 9.37. The molecule has 0 saturated carbocycles. The Morgan fingerprint density at radius 2 is 1.79 bits per heavy atom. The van der Waals surface area contributed by atoms with Crippen molar-refractivity contribution in [3.63, 3.8) is 0 Å². The molecule has 0 saturated heterocycles. The Labute approximate surface area is 161 Å². The Morgan fingerprint density at radius 3 is 2.28 bits per heavy atom. The van der Waals surface area contributed by atoms with Gasteiger partial charge in [0.05, 0.1) is 7.11 Å². The van der Waals surface area contributed by atoms with Gasteiger partial charge in [0.2, 0.25) is 0 Å². The van der Waals surface area contributed by atoms with Crippen LogP contribution >= 0.6 is 0 Å². The summed E-state index contributed by atoms with van der Waals surface area (Å²) in [6.07, 6.45) is -9.15. The van der Waals surface area contributed by atoms with Gasteiger partial charge in [-0.25, -0.2) is 4.79 Å².